The molecule has 0 heterocycles. The van der Waals surface area contributed by atoms with Crippen molar-refractivity contribution in [3.63, 3.8) is 0 Å². The zero-order valence-corrected chi connectivity index (χ0v) is 15.3. The van der Waals surface area contributed by atoms with Gasteiger partial charge in [0, 0.05) is 12.5 Å². The van der Waals surface area contributed by atoms with Crippen LogP contribution >= 0.6 is 0 Å². The van der Waals surface area contributed by atoms with E-state index in [0.29, 0.717) is 25.0 Å². The summed E-state index contributed by atoms with van der Waals surface area (Å²) in [5.41, 5.74) is 6.75. The largest absolute Gasteiger partial charge is 0.427 e. The van der Waals surface area contributed by atoms with Gasteiger partial charge >= 0.3 is 5.97 Å². The molecule has 1 atom stereocenters. The smallest absolute Gasteiger partial charge is 0.311 e. The van der Waals surface area contributed by atoms with Crippen LogP contribution < -0.4 is 10.5 Å². The van der Waals surface area contributed by atoms with Crippen molar-refractivity contribution in [2.24, 2.45) is 5.73 Å². The van der Waals surface area contributed by atoms with Gasteiger partial charge in [0.1, 0.15) is 5.75 Å². The standard InChI is InChI=1S/C19H23NO4S/c1-3-4-19(21)24-16-7-11-18(12-8-16)25(22,23)17-9-5-15(6-10-17)13-14(2)20/h5-12,14H,3-4,13,20H2,1-2H3. The third-order valence-electron chi connectivity index (χ3n) is 3.61. The molecule has 2 N–H and O–H groups in total. The molecule has 134 valence electrons. The van der Waals surface area contributed by atoms with Crippen LogP contribution in [0.15, 0.2) is 58.3 Å². The molecular formula is C19H23NO4S. The van der Waals surface area contributed by atoms with Gasteiger partial charge in [-0.25, -0.2) is 8.42 Å². The molecule has 0 spiro atoms. The van der Waals surface area contributed by atoms with Crippen LogP contribution in [-0.2, 0) is 21.1 Å². The van der Waals surface area contributed by atoms with Gasteiger partial charge in [-0.05, 0) is 61.7 Å². The Morgan fingerprint density at radius 3 is 2.04 bits per heavy atom. The Labute approximate surface area is 148 Å². The maximum Gasteiger partial charge on any atom is 0.311 e. The predicted molar refractivity (Wildman–Crippen MR) is 96.2 cm³/mol. The second kappa shape index (κ2) is 8.27. The van der Waals surface area contributed by atoms with Crippen molar-refractivity contribution in [1.29, 1.82) is 0 Å². The van der Waals surface area contributed by atoms with Crippen LogP contribution in [0.4, 0.5) is 0 Å². The summed E-state index contributed by atoms with van der Waals surface area (Å²) in [6, 6.07) is 12.6. The third kappa shape index (κ3) is 5.14. The first-order valence-electron chi connectivity index (χ1n) is 8.23. The molecule has 6 heteroatoms. The monoisotopic (exact) mass is 361 g/mol. The molecule has 25 heavy (non-hydrogen) atoms. The molecule has 1 unspecified atom stereocenters. The second-order valence-corrected chi connectivity index (χ2v) is 7.97. The van der Waals surface area contributed by atoms with Gasteiger partial charge in [0.2, 0.25) is 9.84 Å². The highest BCUT2D eigenvalue weighted by atomic mass is 32.2. The van der Waals surface area contributed by atoms with Crippen LogP contribution in [-0.4, -0.2) is 20.4 Å². The zero-order chi connectivity index (χ0) is 18.4. The van der Waals surface area contributed by atoms with E-state index in [1.165, 1.54) is 24.3 Å². The minimum Gasteiger partial charge on any atom is -0.427 e. The molecule has 0 radical (unpaired) electrons. The van der Waals surface area contributed by atoms with Crippen molar-refractivity contribution in [1.82, 2.24) is 0 Å². The highest BCUT2D eigenvalue weighted by Crippen LogP contribution is 2.24. The van der Waals surface area contributed by atoms with Crippen LogP contribution in [0.1, 0.15) is 32.3 Å². The quantitative estimate of drug-likeness (QED) is 0.605. The van der Waals surface area contributed by atoms with Gasteiger partial charge in [0.15, 0.2) is 0 Å². The van der Waals surface area contributed by atoms with Gasteiger partial charge in [-0.1, -0.05) is 19.1 Å². The number of rotatable bonds is 7. The number of ether oxygens (including phenoxy) is 1. The SMILES string of the molecule is CCCC(=O)Oc1ccc(S(=O)(=O)c2ccc(CC(C)N)cc2)cc1. The summed E-state index contributed by atoms with van der Waals surface area (Å²) in [4.78, 5) is 11.8. The maximum atomic E-state index is 12.7. The highest BCUT2D eigenvalue weighted by molar-refractivity contribution is 7.91. The van der Waals surface area contributed by atoms with Crippen molar-refractivity contribution in [2.75, 3.05) is 0 Å². The summed E-state index contributed by atoms with van der Waals surface area (Å²) in [7, 11) is -3.61. The molecule has 2 rings (SSSR count). The van der Waals surface area contributed by atoms with Crippen molar-refractivity contribution >= 4 is 15.8 Å². The Morgan fingerprint density at radius 1 is 1.04 bits per heavy atom. The molecule has 2 aromatic carbocycles. The van der Waals surface area contributed by atoms with Gasteiger partial charge < -0.3 is 10.5 Å². The lowest BCUT2D eigenvalue weighted by Crippen LogP contribution is -2.17. The first kappa shape index (κ1) is 19.1. The summed E-state index contributed by atoms with van der Waals surface area (Å²) >= 11 is 0. The summed E-state index contributed by atoms with van der Waals surface area (Å²) in [6.45, 7) is 3.79. The van der Waals surface area contributed by atoms with Gasteiger partial charge in [-0.15, -0.1) is 0 Å². The molecule has 0 saturated heterocycles. The fraction of sp³-hybridized carbons (Fsp3) is 0.316. The van der Waals surface area contributed by atoms with Crippen LogP contribution in [0.5, 0.6) is 5.75 Å². The van der Waals surface area contributed by atoms with E-state index in [-0.39, 0.29) is 21.8 Å². The van der Waals surface area contributed by atoms with Gasteiger partial charge in [0.05, 0.1) is 9.79 Å². The second-order valence-electron chi connectivity index (χ2n) is 6.02. The van der Waals surface area contributed by atoms with Crippen LogP contribution in [0.25, 0.3) is 0 Å². The Bertz CT molecular complexity index is 810. The third-order valence-corrected chi connectivity index (χ3v) is 5.40. The van der Waals surface area contributed by atoms with E-state index in [1.54, 1.807) is 24.3 Å². The van der Waals surface area contributed by atoms with Crippen LogP contribution in [0, 0.1) is 0 Å². The Kier molecular flexibility index (Phi) is 6.33. The molecule has 5 nitrogen and oxygen atoms in total. The summed E-state index contributed by atoms with van der Waals surface area (Å²) in [5.74, 6) is 0.00695. The van der Waals surface area contributed by atoms with Crippen LogP contribution in [0.3, 0.4) is 0 Å². The summed E-state index contributed by atoms with van der Waals surface area (Å²) in [6.07, 6.45) is 1.72. The molecule has 0 aliphatic carbocycles. The first-order chi connectivity index (χ1) is 11.8. The van der Waals surface area contributed by atoms with E-state index < -0.39 is 9.84 Å². The minimum absolute atomic E-state index is 0.0189. The lowest BCUT2D eigenvalue weighted by molar-refractivity contribution is -0.134. The number of sulfone groups is 1. The maximum absolute atomic E-state index is 12.7. The summed E-state index contributed by atoms with van der Waals surface area (Å²) in [5, 5.41) is 0. The lowest BCUT2D eigenvalue weighted by Gasteiger charge is -2.09. The average molecular weight is 361 g/mol. The van der Waals surface area contributed by atoms with E-state index in [4.69, 9.17) is 10.5 Å². The van der Waals surface area contributed by atoms with Crippen molar-refractivity contribution < 1.29 is 17.9 Å². The fourth-order valence-corrected chi connectivity index (χ4v) is 3.65. The lowest BCUT2D eigenvalue weighted by atomic mass is 10.1. The molecule has 0 aliphatic rings. The van der Waals surface area contributed by atoms with Crippen LogP contribution in [0.2, 0.25) is 0 Å². The Morgan fingerprint density at radius 2 is 1.56 bits per heavy atom. The fourth-order valence-electron chi connectivity index (χ4n) is 2.39. The molecule has 0 aliphatic heterocycles. The number of esters is 1. The average Bonchev–Trinajstić information content (AvgIpc) is 2.55. The molecule has 0 amide bonds. The first-order valence-corrected chi connectivity index (χ1v) is 9.71. The molecule has 0 aromatic heterocycles. The Hall–Kier alpha value is -2.18. The minimum atomic E-state index is -3.61. The number of carbonyl (C=O) groups is 1. The summed E-state index contributed by atoms with van der Waals surface area (Å²) < 4.78 is 30.5. The highest BCUT2D eigenvalue weighted by Gasteiger charge is 2.18. The van der Waals surface area contributed by atoms with E-state index in [0.717, 1.165) is 5.56 Å². The van der Waals surface area contributed by atoms with Crippen molar-refractivity contribution in [3.05, 3.63) is 54.1 Å². The number of benzene rings is 2. The molecule has 0 saturated carbocycles. The van der Waals surface area contributed by atoms with Crippen molar-refractivity contribution in [2.45, 2.75) is 48.9 Å². The molecule has 0 bridgehead atoms. The molecular weight excluding hydrogens is 338 g/mol. The topological polar surface area (TPSA) is 86.5 Å². The van der Waals surface area contributed by atoms with E-state index in [1.807, 2.05) is 13.8 Å². The predicted octanol–water partition coefficient (Wildman–Crippen LogP) is 3.11. The van der Waals surface area contributed by atoms with Gasteiger partial charge in [0.25, 0.3) is 0 Å². The Balaban J connectivity index is 2.17. The number of hydrogen-bond acceptors (Lipinski definition) is 5. The van der Waals surface area contributed by atoms with Gasteiger partial charge in [-0.2, -0.15) is 0 Å². The molecule has 0 fully saturated rings. The number of hydrogen-bond donors (Lipinski definition) is 1. The van der Waals surface area contributed by atoms with Gasteiger partial charge in [-0.3, -0.25) is 4.79 Å². The normalized spacial score (nSPS) is 12.6. The zero-order valence-electron chi connectivity index (χ0n) is 14.4. The van der Waals surface area contributed by atoms with E-state index in [2.05, 4.69) is 0 Å². The van der Waals surface area contributed by atoms with E-state index in [9.17, 15) is 13.2 Å². The van der Waals surface area contributed by atoms with Crippen molar-refractivity contribution in [3.8, 4) is 5.75 Å². The number of carbonyl (C=O) groups excluding carboxylic acids is 1. The molecule has 2 aromatic rings. The number of nitrogens with two attached hydrogens (primary N) is 1. The van der Waals surface area contributed by atoms with E-state index >= 15 is 0 Å².